The molecule has 1 aromatic carbocycles. The SMILES string of the molecule is Cn1cc(-c2cc3cc(CC(=O)c4ccc(OC5CCNCC5)cc4)ncc3cn2)nn1. The van der Waals surface area contributed by atoms with Gasteiger partial charge in [0, 0.05) is 36.1 Å². The summed E-state index contributed by atoms with van der Waals surface area (Å²) in [7, 11) is 1.82. The number of ether oxygens (including phenoxy) is 1. The van der Waals surface area contributed by atoms with Gasteiger partial charge in [-0.3, -0.25) is 19.4 Å². The zero-order valence-electron chi connectivity index (χ0n) is 17.9. The van der Waals surface area contributed by atoms with Gasteiger partial charge in [-0.15, -0.1) is 5.10 Å². The van der Waals surface area contributed by atoms with Gasteiger partial charge in [0.15, 0.2) is 5.78 Å². The molecule has 32 heavy (non-hydrogen) atoms. The lowest BCUT2D eigenvalue weighted by molar-refractivity contribution is 0.0992. The zero-order chi connectivity index (χ0) is 21.9. The van der Waals surface area contributed by atoms with Crippen LogP contribution in [0.3, 0.4) is 0 Å². The molecule has 0 spiro atoms. The highest BCUT2D eigenvalue weighted by atomic mass is 16.5. The van der Waals surface area contributed by atoms with Crippen LogP contribution in [-0.4, -0.2) is 49.9 Å². The highest BCUT2D eigenvalue weighted by Crippen LogP contribution is 2.22. The molecule has 4 heterocycles. The lowest BCUT2D eigenvalue weighted by Crippen LogP contribution is -2.34. The van der Waals surface area contributed by atoms with E-state index in [4.69, 9.17) is 4.74 Å². The lowest BCUT2D eigenvalue weighted by Gasteiger charge is -2.23. The van der Waals surface area contributed by atoms with Crippen LogP contribution in [0, 0.1) is 0 Å². The van der Waals surface area contributed by atoms with Gasteiger partial charge in [0.2, 0.25) is 0 Å². The molecule has 162 valence electrons. The molecule has 4 aromatic rings. The molecule has 8 heteroatoms. The summed E-state index contributed by atoms with van der Waals surface area (Å²) in [6.07, 6.45) is 7.80. The number of carbonyl (C=O) groups excluding carboxylic acids is 1. The van der Waals surface area contributed by atoms with Crippen LogP contribution < -0.4 is 10.1 Å². The minimum absolute atomic E-state index is 0.0217. The quantitative estimate of drug-likeness (QED) is 0.472. The molecule has 8 nitrogen and oxygen atoms in total. The third-order valence-electron chi connectivity index (χ3n) is 5.63. The fourth-order valence-corrected chi connectivity index (χ4v) is 3.88. The summed E-state index contributed by atoms with van der Waals surface area (Å²) in [5.74, 6) is 0.829. The van der Waals surface area contributed by atoms with E-state index in [0.29, 0.717) is 17.0 Å². The number of carbonyl (C=O) groups is 1. The first kappa shape index (κ1) is 20.3. The molecule has 0 aliphatic carbocycles. The van der Waals surface area contributed by atoms with Crippen molar-refractivity contribution in [3.63, 3.8) is 0 Å². The normalized spacial score (nSPS) is 14.5. The Morgan fingerprint density at radius 2 is 1.84 bits per heavy atom. The molecular formula is C24H24N6O2. The summed E-state index contributed by atoms with van der Waals surface area (Å²) in [5, 5.41) is 13.3. The average Bonchev–Trinajstić information content (AvgIpc) is 3.26. The molecule has 1 N–H and O–H groups in total. The van der Waals surface area contributed by atoms with Crippen LogP contribution in [-0.2, 0) is 13.5 Å². The molecule has 1 saturated heterocycles. The fourth-order valence-electron chi connectivity index (χ4n) is 3.88. The first-order chi connectivity index (χ1) is 15.6. The Hall–Kier alpha value is -3.65. The van der Waals surface area contributed by atoms with E-state index in [2.05, 4.69) is 25.6 Å². The first-order valence-corrected chi connectivity index (χ1v) is 10.8. The number of pyridine rings is 2. The van der Waals surface area contributed by atoms with Gasteiger partial charge >= 0.3 is 0 Å². The Kier molecular flexibility index (Phi) is 5.60. The van der Waals surface area contributed by atoms with E-state index in [1.807, 2.05) is 49.6 Å². The fraction of sp³-hybridized carbons (Fsp3) is 0.292. The number of nitrogens with zero attached hydrogens (tertiary/aromatic N) is 5. The molecule has 0 atom stereocenters. The Balaban J connectivity index is 1.29. The summed E-state index contributed by atoms with van der Waals surface area (Å²) in [6, 6.07) is 11.3. The van der Waals surface area contributed by atoms with Crippen LogP contribution in [0.2, 0.25) is 0 Å². The van der Waals surface area contributed by atoms with Crippen LogP contribution in [0.5, 0.6) is 5.75 Å². The maximum atomic E-state index is 12.8. The van der Waals surface area contributed by atoms with Crippen molar-refractivity contribution >= 4 is 16.6 Å². The Morgan fingerprint density at radius 1 is 1.06 bits per heavy atom. The van der Waals surface area contributed by atoms with Crippen LogP contribution in [0.1, 0.15) is 28.9 Å². The van der Waals surface area contributed by atoms with Crippen molar-refractivity contribution in [3.05, 3.63) is 66.2 Å². The second-order valence-electron chi connectivity index (χ2n) is 8.06. The monoisotopic (exact) mass is 428 g/mol. The molecule has 5 rings (SSSR count). The van der Waals surface area contributed by atoms with Crippen LogP contribution in [0.15, 0.2) is 55.0 Å². The molecule has 0 saturated carbocycles. The van der Waals surface area contributed by atoms with E-state index < -0.39 is 0 Å². The first-order valence-electron chi connectivity index (χ1n) is 10.8. The molecular weight excluding hydrogens is 404 g/mol. The van der Waals surface area contributed by atoms with Crippen molar-refractivity contribution in [1.29, 1.82) is 0 Å². The van der Waals surface area contributed by atoms with E-state index in [-0.39, 0.29) is 18.3 Å². The molecule has 0 bridgehead atoms. The van der Waals surface area contributed by atoms with Gasteiger partial charge in [0.25, 0.3) is 0 Å². The number of nitrogens with one attached hydrogen (secondary N) is 1. The standard InChI is InChI=1S/C24H24N6O2/c1-30-15-23(28-29-30)22-11-17-10-19(26-13-18(17)14-27-22)12-24(31)16-2-4-20(5-3-16)32-21-6-8-25-9-7-21/h2-5,10-11,13-15,21,25H,6-9,12H2,1H3. The smallest absolute Gasteiger partial charge is 0.168 e. The van der Waals surface area contributed by atoms with E-state index in [1.165, 1.54) is 0 Å². The van der Waals surface area contributed by atoms with Gasteiger partial charge in [-0.25, -0.2) is 0 Å². The number of fused-ring (bicyclic) bond motifs is 1. The van der Waals surface area contributed by atoms with Gasteiger partial charge in [0.05, 0.1) is 18.3 Å². The Bertz CT molecular complexity index is 1250. The number of aryl methyl sites for hydroxylation is 1. The predicted molar refractivity (Wildman–Crippen MR) is 121 cm³/mol. The Labute approximate surface area is 185 Å². The predicted octanol–water partition coefficient (Wildman–Crippen LogP) is 2.98. The van der Waals surface area contributed by atoms with E-state index in [9.17, 15) is 4.79 Å². The molecule has 1 aliphatic rings. The minimum atomic E-state index is 0.0217. The Morgan fingerprint density at radius 3 is 2.59 bits per heavy atom. The third-order valence-corrected chi connectivity index (χ3v) is 5.63. The number of hydrogen-bond acceptors (Lipinski definition) is 7. The van der Waals surface area contributed by atoms with Crippen molar-refractivity contribution < 1.29 is 9.53 Å². The van der Waals surface area contributed by atoms with Crippen molar-refractivity contribution in [2.45, 2.75) is 25.4 Å². The van der Waals surface area contributed by atoms with E-state index in [1.54, 1.807) is 17.1 Å². The van der Waals surface area contributed by atoms with E-state index in [0.717, 1.165) is 48.1 Å². The molecule has 0 radical (unpaired) electrons. The number of piperidine rings is 1. The molecule has 0 amide bonds. The number of hydrogen-bond donors (Lipinski definition) is 1. The molecule has 3 aromatic heterocycles. The minimum Gasteiger partial charge on any atom is -0.490 e. The highest BCUT2D eigenvalue weighted by Gasteiger charge is 2.15. The van der Waals surface area contributed by atoms with Crippen molar-refractivity contribution in [2.24, 2.45) is 7.05 Å². The number of ketones is 1. The molecule has 1 aliphatic heterocycles. The van der Waals surface area contributed by atoms with Crippen molar-refractivity contribution in [3.8, 4) is 17.1 Å². The van der Waals surface area contributed by atoms with E-state index >= 15 is 0 Å². The highest BCUT2D eigenvalue weighted by molar-refractivity contribution is 5.98. The second kappa shape index (κ2) is 8.84. The average molecular weight is 428 g/mol. The maximum absolute atomic E-state index is 12.8. The third kappa shape index (κ3) is 4.50. The summed E-state index contributed by atoms with van der Waals surface area (Å²) in [6.45, 7) is 1.96. The van der Waals surface area contributed by atoms with Gasteiger partial charge < -0.3 is 10.1 Å². The summed E-state index contributed by atoms with van der Waals surface area (Å²) < 4.78 is 7.66. The van der Waals surface area contributed by atoms with Gasteiger partial charge in [-0.2, -0.15) is 0 Å². The largest absolute Gasteiger partial charge is 0.490 e. The van der Waals surface area contributed by atoms with Crippen molar-refractivity contribution in [1.82, 2.24) is 30.3 Å². The van der Waals surface area contributed by atoms with Crippen molar-refractivity contribution in [2.75, 3.05) is 13.1 Å². The van der Waals surface area contributed by atoms with Gasteiger partial charge in [-0.05, 0) is 67.7 Å². The lowest BCUT2D eigenvalue weighted by atomic mass is 10.0. The van der Waals surface area contributed by atoms with Crippen LogP contribution in [0.25, 0.3) is 22.2 Å². The molecule has 0 unspecified atom stereocenters. The maximum Gasteiger partial charge on any atom is 0.168 e. The zero-order valence-corrected chi connectivity index (χ0v) is 17.9. The van der Waals surface area contributed by atoms with Gasteiger partial charge in [-0.1, -0.05) is 5.21 Å². The number of Topliss-reactive ketones (excluding diaryl/α,β-unsaturated/α-hetero) is 1. The van der Waals surface area contributed by atoms with Crippen LogP contribution in [0.4, 0.5) is 0 Å². The summed E-state index contributed by atoms with van der Waals surface area (Å²) >= 11 is 0. The number of benzene rings is 1. The second-order valence-corrected chi connectivity index (χ2v) is 8.06. The summed E-state index contributed by atoms with van der Waals surface area (Å²) in [4.78, 5) is 21.7. The molecule has 1 fully saturated rings. The number of rotatable bonds is 6. The number of aromatic nitrogens is 5. The summed E-state index contributed by atoms with van der Waals surface area (Å²) in [5.41, 5.74) is 2.81. The topological polar surface area (TPSA) is 94.8 Å². The van der Waals surface area contributed by atoms with Crippen LogP contribution >= 0.6 is 0 Å². The van der Waals surface area contributed by atoms with Gasteiger partial charge in [0.1, 0.15) is 17.5 Å².